The van der Waals surface area contributed by atoms with E-state index in [1.807, 2.05) is 0 Å². The number of alkyl halides is 3. The van der Waals surface area contributed by atoms with E-state index >= 15 is 0 Å². The predicted molar refractivity (Wildman–Crippen MR) is 99.2 cm³/mol. The third-order valence-corrected chi connectivity index (χ3v) is 3.69. The number of hydrogen-bond acceptors (Lipinski definition) is 5. The Kier molecular flexibility index (Phi) is 5.07. The summed E-state index contributed by atoms with van der Waals surface area (Å²) in [4.78, 5) is 7.78. The highest BCUT2D eigenvalue weighted by Gasteiger charge is 2.33. The van der Waals surface area contributed by atoms with E-state index in [0.717, 1.165) is 11.6 Å². The summed E-state index contributed by atoms with van der Waals surface area (Å²) >= 11 is 0. The second-order valence-electron chi connectivity index (χ2n) is 5.76. The summed E-state index contributed by atoms with van der Waals surface area (Å²) in [6.45, 7) is 1.71. The molecule has 0 unspecified atom stereocenters. The van der Waals surface area contributed by atoms with Gasteiger partial charge in [0.1, 0.15) is 0 Å². The number of halogens is 3. The Morgan fingerprint density at radius 2 is 1.74 bits per heavy atom. The van der Waals surface area contributed by atoms with Crippen molar-refractivity contribution < 1.29 is 13.2 Å². The average molecular weight is 371 g/mol. The van der Waals surface area contributed by atoms with Crippen molar-refractivity contribution in [2.24, 2.45) is 5.10 Å². The lowest BCUT2D eigenvalue weighted by Crippen LogP contribution is -2.11. The molecule has 138 valence electrons. The van der Waals surface area contributed by atoms with E-state index < -0.39 is 11.9 Å². The van der Waals surface area contributed by atoms with Crippen molar-refractivity contribution in [1.82, 2.24) is 9.97 Å². The maximum atomic E-state index is 13.2. The van der Waals surface area contributed by atoms with Gasteiger partial charge < -0.3 is 5.73 Å². The van der Waals surface area contributed by atoms with E-state index in [4.69, 9.17) is 5.73 Å². The molecule has 8 heteroatoms. The molecule has 5 nitrogen and oxygen atoms in total. The number of benzene rings is 2. The van der Waals surface area contributed by atoms with Crippen LogP contribution in [0.25, 0.3) is 11.4 Å². The first kappa shape index (κ1) is 18.4. The molecule has 1 heterocycles. The summed E-state index contributed by atoms with van der Waals surface area (Å²) in [5.74, 6) is -0.0934. The maximum Gasteiger partial charge on any atom is 0.433 e. The van der Waals surface area contributed by atoms with Gasteiger partial charge in [-0.1, -0.05) is 42.5 Å². The van der Waals surface area contributed by atoms with E-state index in [1.54, 1.807) is 61.5 Å². The molecule has 3 N–H and O–H groups in total. The lowest BCUT2D eigenvalue weighted by molar-refractivity contribution is -0.141. The largest absolute Gasteiger partial charge is 0.433 e. The summed E-state index contributed by atoms with van der Waals surface area (Å²) in [7, 11) is 0. The van der Waals surface area contributed by atoms with Gasteiger partial charge >= 0.3 is 6.18 Å². The van der Waals surface area contributed by atoms with E-state index in [1.165, 1.54) is 0 Å². The highest BCUT2D eigenvalue weighted by atomic mass is 19.4. The zero-order chi connectivity index (χ0) is 19.4. The molecule has 0 amide bonds. The number of hydrazone groups is 1. The molecule has 0 bridgehead atoms. The quantitative estimate of drug-likeness (QED) is 0.400. The highest BCUT2D eigenvalue weighted by molar-refractivity contribution is 5.99. The molecular weight excluding hydrogens is 355 g/mol. The van der Waals surface area contributed by atoms with Crippen molar-refractivity contribution in [3.05, 3.63) is 71.9 Å². The second-order valence-corrected chi connectivity index (χ2v) is 5.76. The lowest BCUT2D eigenvalue weighted by atomic mass is 10.1. The van der Waals surface area contributed by atoms with Crippen LogP contribution in [0.4, 0.5) is 24.7 Å². The fourth-order valence-corrected chi connectivity index (χ4v) is 2.34. The SMILES string of the molecule is CC(=NNc1cc(C(F)(F)F)nc(-c2ccccc2)n1)c1cccc(N)c1. The Hall–Kier alpha value is -3.42. The van der Waals surface area contributed by atoms with Crippen LogP contribution in [-0.2, 0) is 6.18 Å². The molecule has 0 aliphatic rings. The van der Waals surface area contributed by atoms with Crippen molar-refractivity contribution in [2.75, 3.05) is 11.2 Å². The van der Waals surface area contributed by atoms with E-state index in [-0.39, 0.29) is 11.6 Å². The fourth-order valence-electron chi connectivity index (χ4n) is 2.34. The monoisotopic (exact) mass is 371 g/mol. The molecule has 1 aromatic heterocycles. The van der Waals surface area contributed by atoms with Crippen LogP contribution in [0.5, 0.6) is 0 Å². The first-order valence-corrected chi connectivity index (χ1v) is 8.01. The topological polar surface area (TPSA) is 76.2 Å². The molecule has 0 aliphatic carbocycles. The highest BCUT2D eigenvalue weighted by Crippen LogP contribution is 2.30. The zero-order valence-corrected chi connectivity index (χ0v) is 14.3. The average Bonchev–Trinajstić information content (AvgIpc) is 2.66. The number of nitrogens with one attached hydrogen (secondary N) is 1. The zero-order valence-electron chi connectivity index (χ0n) is 14.3. The summed E-state index contributed by atoms with van der Waals surface area (Å²) in [6.07, 6.45) is -4.60. The van der Waals surface area contributed by atoms with Gasteiger partial charge in [-0.2, -0.15) is 18.3 Å². The fraction of sp³-hybridized carbons (Fsp3) is 0.105. The molecule has 0 atom stereocenters. The minimum absolute atomic E-state index is 0.0373. The minimum Gasteiger partial charge on any atom is -0.399 e. The summed E-state index contributed by atoms with van der Waals surface area (Å²) in [6, 6.07) is 16.3. The van der Waals surface area contributed by atoms with E-state index in [9.17, 15) is 13.2 Å². The number of rotatable bonds is 4. The van der Waals surface area contributed by atoms with Crippen LogP contribution in [0.2, 0.25) is 0 Å². The van der Waals surface area contributed by atoms with E-state index in [0.29, 0.717) is 17.0 Å². The Bertz CT molecular complexity index is 969. The van der Waals surface area contributed by atoms with Crippen LogP contribution in [0.15, 0.2) is 65.8 Å². The summed E-state index contributed by atoms with van der Waals surface area (Å²) in [5.41, 5.74) is 9.61. The molecule has 27 heavy (non-hydrogen) atoms. The summed E-state index contributed by atoms with van der Waals surface area (Å²) in [5, 5.41) is 4.12. The van der Waals surface area contributed by atoms with Gasteiger partial charge in [0.25, 0.3) is 0 Å². The Morgan fingerprint density at radius 1 is 1.00 bits per heavy atom. The molecule has 0 aliphatic heterocycles. The molecule has 0 fully saturated rings. The van der Waals surface area contributed by atoms with Crippen LogP contribution in [0, 0.1) is 0 Å². The van der Waals surface area contributed by atoms with Crippen molar-refractivity contribution in [2.45, 2.75) is 13.1 Å². The molecule has 0 saturated heterocycles. The standard InChI is InChI=1S/C19H16F3N5/c1-12(14-8-5-9-15(23)10-14)26-27-17-11-16(19(20,21)22)24-18(25-17)13-6-3-2-4-7-13/h2-11H,23H2,1H3,(H,24,25,27). The molecule has 0 radical (unpaired) electrons. The minimum atomic E-state index is -4.60. The number of anilines is 2. The Balaban J connectivity index is 1.96. The van der Waals surface area contributed by atoms with Gasteiger partial charge in [-0.15, -0.1) is 0 Å². The number of nitrogen functional groups attached to an aromatic ring is 1. The van der Waals surface area contributed by atoms with E-state index in [2.05, 4.69) is 20.5 Å². The van der Waals surface area contributed by atoms with Gasteiger partial charge in [-0.3, -0.25) is 5.43 Å². The third kappa shape index (κ3) is 4.60. The number of hydrogen-bond donors (Lipinski definition) is 2. The number of nitrogens with two attached hydrogens (primary N) is 1. The van der Waals surface area contributed by atoms with Crippen LogP contribution < -0.4 is 11.2 Å². The van der Waals surface area contributed by atoms with Crippen LogP contribution >= 0.6 is 0 Å². The van der Waals surface area contributed by atoms with Crippen molar-refractivity contribution in [1.29, 1.82) is 0 Å². The van der Waals surface area contributed by atoms with Crippen LogP contribution in [0.1, 0.15) is 18.2 Å². The van der Waals surface area contributed by atoms with Crippen molar-refractivity contribution in [3.8, 4) is 11.4 Å². The van der Waals surface area contributed by atoms with Crippen molar-refractivity contribution >= 4 is 17.2 Å². The maximum absolute atomic E-state index is 13.2. The smallest absolute Gasteiger partial charge is 0.399 e. The van der Waals surface area contributed by atoms with Gasteiger partial charge in [0, 0.05) is 17.3 Å². The molecular formula is C19H16F3N5. The molecule has 3 aromatic rings. The molecule has 2 aromatic carbocycles. The number of aromatic nitrogens is 2. The Morgan fingerprint density at radius 3 is 2.41 bits per heavy atom. The Labute approximate surface area is 153 Å². The molecule has 0 saturated carbocycles. The molecule has 0 spiro atoms. The third-order valence-electron chi connectivity index (χ3n) is 3.69. The first-order chi connectivity index (χ1) is 12.8. The predicted octanol–water partition coefficient (Wildman–Crippen LogP) is 4.58. The van der Waals surface area contributed by atoms with Gasteiger partial charge in [0.2, 0.25) is 0 Å². The molecule has 3 rings (SSSR count). The first-order valence-electron chi connectivity index (χ1n) is 8.01. The van der Waals surface area contributed by atoms with Crippen LogP contribution in [0.3, 0.4) is 0 Å². The van der Waals surface area contributed by atoms with Crippen LogP contribution in [-0.4, -0.2) is 15.7 Å². The number of nitrogens with zero attached hydrogens (tertiary/aromatic N) is 3. The lowest BCUT2D eigenvalue weighted by Gasteiger charge is -2.11. The second kappa shape index (κ2) is 7.45. The van der Waals surface area contributed by atoms with Gasteiger partial charge in [-0.05, 0) is 24.6 Å². The summed E-state index contributed by atoms with van der Waals surface area (Å²) < 4.78 is 39.6. The van der Waals surface area contributed by atoms with Gasteiger partial charge in [-0.25, -0.2) is 9.97 Å². The normalized spacial score (nSPS) is 12.1. The van der Waals surface area contributed by atoms with Gasteiger partial charge in [0.15, 0.2) is 17.3 Å². The van der Waals surface area contributed by atoms with Crippen molar-refractivity contribution in [3.63, 3.8) is 0 Å². The van der Waals surface area contributed by atoms with Gasteiger partial charge in [0.05, 0.1) is 5.71 Å².